The maximum atomic E-state index is 13.5. The molecule has 0 saturated carbocycles. The fraction of sp³-hybridized carbons (Fsp3) is 0.167. The van der Waals surface area contributed by atoms with Gasteiger partial charge in [-0.3, -0.25) is 9.69 Å². The molecule has 4 aromatic rings. The van der Waals surface area contributed by atoms with Crippen LogP contribution in [-0.2, 0) is 6.54 Å². The highest BCUT2D eigenvalue weighted by molar-refractivity contribution is 9.10. The number of nitrogens with zero attached hydrogens (tertiary/aromatic N) is 2. The molecule has 29 heavy (non-hydrogen) atoms. The van der Waals surface area contributed by atoms with Gasteiger partial charge in [-0.1, -0.05) is 79.8 Å². The number of carbonyl (C=O) groups excluding carboxylic acids is 1. The third-order valence-corrected chi connectivity index (χ3v) is 6.56. The summed E-state index contributed by atoms with van der Waals surface area (Å²) in [5, 5.41) is 0.720. The van der Waals surface area contributed by atoms with Crippen molar-refractivity contribution in [3.8, 4) is 0 Å². The third kappa shape index (κ3) is 4.11. The Bertz CT molecular complexity index is 1150. The molecule has 0 saturated heterocycles. The highest BCUT2D eigenvalue weighted by Crippen LogP contribution is 2.35. The average Bonchev–Trinajstić information content (AvgIpc) is 3.16. The molecule has 0 aliphatic rings. The number of carbonyl (C=O) groups is 1. The van der Waals surface area contributed by atoms with Gasteiger partial charge in [-0.25, -0.2) is 4.98 Å². The van der Waals surface area contributed by atoms with Crippen LogP contribution < -0.4 is 4.90 Å². The van der Waals surface area contributed by atoms with Crippen molar-refractivity contribution >= 4 is 48.5 Å². The number of para-hydroxylation sites is 1. The normalized spacial score (nSPS) is 11.2. The van der Waals surface area contributed by atoms with Crippen LogP contribution in [0, 0.1) is 0 Å². The number of thiazole rings is 1. The monoisotopic (exact) mass is 464 g/mol. The molecule has 1 amide bonds. The minimum Gasteiger partial charge on any atom is -0.279 e. The highest BCUT2D eigenvalue weighted by Gasteiger charge is 2.24. The molecule has 3 nitrogen and oxygen atoms in total. The molecule has 0 radical (unpaired) electrons. The molecule has 1 aromatic heterocycles. The van der Waals surface area contributed by atoms with Gasteiger partial charge < -0.3 is 0 Å². The lowest BCUT2D eigenvalue weighted by Crippen LogP contribution is -2.30. The second kappa shape index (κ2) is 8.47. The van der Waals surface area contributed by atoms with Crippen molar-refractivity contribution in [1.82, 2.24) is 4.98 Å². The first-order valence-corrected chi connectivity index (χ1v) is 11.2. The van der Waals surface area contributed by atoms with Crippen molar-refractivity contribution in [3.63, 3.8) is 0 Å². The standard InChI is InChI=1S/C24H21BrN2OS/c1-16(2)18-12-8-14-21-22(18)26-24(29-21)27(15-17-9-4-3-5-10-17)23(28)19-11-6-7-13-20(19)25/h3-14,16H,15H2,1-2H3. The van der Waals surface area contributed by atoms with E-state index in [1.807, 2.05) is 54.6 Å². The first-order chi connectivity index (χ1) is 14.0. The Balaban J connectivity index is 1.82. The van der Waals surface area contributed by atoms with Crippen molar-refractivity contribution < 1.29 is 4.79 Å². The summed E-state index contributed by atoms with van der Waals surface area (Å²) in [5.74, 6) is 0.307. The average molecular weight is 465 g/mol. The maximum Gasteiger partial charge on any atom is 0.261 e. The van der Waals surface area contributed by atoms with E-state index in [1.165, 1.54) is 5.56 Å². The topological polar surface area (TPSA) is 33.2 Å². The zero-order valence-corrected chi connectivity index (χ0v) is 18.7. The predicted molar refractivity (Wildman–Crippen MR) is 125 cm³/mol. The van der Waals surface area contributed by atoms with E-state index in [1.54, 1.807) is 16.2 Å². The highest BCUT2D eigenvalue weighted by atomic mass is 79.9. The second-order valence-corrected chi connectivity index (χ2v) is 9.07. The zero-order chi connectivity index (χ0) is 20.4. The van der Waals surface area contributed by atoms with Crippen LogP contribution in [0.15, 0.2) is 77.3 Å². The minimum atomic E-state index is -0.0634. The molecule has 3 aromatic carbocycles. The molecular weight excluding hydrogens is 444 g/mol. The minimum absolute atomic E-state index is 0.0634. The van der Waals surface area contributed by atoms with E-state index in [-0.39, 0.29) is 5.91 Å². The molecule has 0 spiro atoms. The molecule has 0 N–H and O–H groups in total. The van der Waals surface area contributed by atoms with E-state index in [2.05, 4.69) is 48.0 Å². The number of rotatable bonds is 5. The third-order valence-electron chi connectivity index (χ3n) is 4.82. The van der Waals surface area contributed by atoms with Crippen LogP contribution in [0.2, 0.25) is 0 Å². The summed E-state index contributed by atoms with van der Waals surface area (Å²) in [4.78, 5) is 20.2. The quantitative estimate of drug-likeness (QED) is 0.317. The lowest BCUT2D eigenvalue weighted by atomic mass is 10.0. The van der Waals surface area contributed by atoms with Crippen LogP contribution in [0.1, 0.15) is 41.3 Å². The number of amides is 1. The zero-order valence-electron chi connectivity index (χ0n) is 16.3. The van der Waals surface area contributed by atoms with Gasteiger partial charge in [-0.05, 0) is 51.2 Å². The predicted octanol–water partition coefficient (Wildman–Crippen LogP) is 7.03. The largest absolute Gasteiger partial charge is 0.279 e. The van der Waals surface area contributed by atoms with E-state index in [4.69, 9.17) is 4.98 Å². The Morgan fingerprint density at radius 1 is 1.00 bits per heavy atom. The van der Waals surface area contributed by atoms with Gasteiger partial charge in [0.25, 0.3) is 5.91 Å². The van der Waals surface area contributed by atoms with Crippen molar-refractivity contribution in [2.45, 2.75) is 26.3 Å². The lowest BCUT2D eigenvalue weighted by molar-refractivity contribution is 0.0984. The van der Waals surface area contributed by atoms with E-state index in [9.17, 15) is 4.79 Å². The number of halogens is 1. The van der Waals surface area contributed by atoms with Gasteiger partial charge >= 0.3 is 0 Å². The van der Waals surface area contributed by atoms with Gasteiger partial charge in [0.05, 0.1) is 22.3 Å². The van der Waals surface area contributed by atoms with E-state index in [0.717, 1.165) is 25.4 Å². The summed E-state index contributed by atoms with van der Waals surface area (Å²) >= 11 is 5.09. The van der Waals surface area contributed by atoms with Crippen molar-refractivity contribution in [2.24, 2.45) is 0 Å². The summed E-state index contributed by atoms with van der Waals surface area (Å²) < 4.78 is 1.89. The number of benzene rings is 3. The number of aromatic nitrogens is 1. The van der Waals surface area contributed by atoms with Crippen molar-refractivity contribution in [1.29, 1.82) is 0 Å². The molecule has 0 bridgehead atoms. The lowest BCUT2D eigenvalue weighted by Gasteiger charge is -2.20. The maximum absolute atomic E-state index is 13.5. The summed E-state index contributed by atoms with van der Waals surface area (Å²) in [6.45, 7) is 4.81. The van der Waals surface area contributed by atoms with Crippen LogP contribution >= 0.6 is 27.3 Å². The Morgan fingerprint density at radius 2 is 1.72 bits per heavy atom. The Hall–Kier alpha value is -2.50. The van der Waals surface area contributed by atoms with Crippen LogP contribution in [0.25, 0.3) is 10.2 Å². The van der Waals surface area contributed by atoms with Crippen molar-refractivity contribution in [2.75, 3.05) is 4.90 Å². The van der Waals surface area contributed by atoms with Crippen LogP contribution in [-0.4, -0.2) is 10.9 Å². The fourth-order valence-corrected chi connectivity index (χ4v) is 4.76. The SMILES string of the molecule is CC(C)c1cccc2sc(N(Cc3ccccc3)C(=O)c3ccccc3Br)nc12. The van der Waals surface area contributed by atoms with E-state index in [0.29, 0.717) is 18.0 Å². The van der Waals surface area contributed by atoms with Gasteiger partial charge in [-0.2, -0.15) is 0 Å². The van der Waals surface area contributed by atoms with Crippen LogP contribution in [0.3, 0.4) is 0 Å². The summed E-state index contributed by atoms with van der Waals surface area (Å²) in [5.41, 5.74) is 3.89. The van der Waals surface area contributed by atoms with Gasteiger partial charge in [-0.15, -0.1) is 0 Å². The van der Waals surface area contributed by atoms with Crippen LogP contribution in [0.5, 0.6) is 0 Å². The van der Waals surface area contributed by atoms with Gasteiger partial charge in [0.1, 0.15) is 0 Å². The van der Waals surface area contributed by atoms with Gasteiger partial charge in [0.2, 0.25) is 0 Å². The molecule has 0 atom stereocenters. The molecular formula is C24H21BrN2OS. The molecule has 4 rings (SSSR count). The van der Waals surface area contributed by atoms with Gasteiger partial charge in [0.15, 0.2) is 5.13 Å². The smallest absolute Gasteiger partial charge is 0.261 e. The molecule has 0 aliphatic carbocycles. The summed E-state index contributed by atoms with van der Waals surface area (Å²) in [6.07, 6.45) is 0. The molecule has 1 heterocycles. The molecule has 0 aliphatic heterocycles. The summed E-state index contributed by atoms with van der Waals surface area (Å²) in [7, 11) is 0. The number of hydrogen-bond donors (Lipinski definition) is 0. The fourth-order valence-electron chi connectivity index (χ4n) is 3.31. The number of anilines is 1. The molecule has 5 heteroatoms. The van der Waals surface area contributed by atoms with Gasteiger partial charge in [0, 0.05) is 4.47 Å². The Labute approximate surface area is 183 Å². The molecule has 146 valence electrons. The van der Waals surface area contributed by atoms with E-state index >= 15 is 0 Å². The second-order valence-electron chi connectivity index (χ2n) is 7.20. The first kappa shape index (κ1) is 19.8. The van der Waals surface area contributed by atoms with Crippen molar-refractivity contribution in [3.05, 3.63) is 94.0 Å². The Kier molecular flexibility index (Phi) is 5.79. The number of hydrogen-bond acceptors (Lipinski definition) is 3. The number of fused-ring (bicyclic) bond motifs is 1. The molecule has 0 unspecified atom stereocenters. The molecule has 0 fully saturated rings. The summed E-state index contributed by atoms with van der Waals surface area (Å²) in [6, 6.07) is 23.8. The Morgan fingerprint density at radius 3 is 2.45 bits per heavy atom. The van der Waals surface area contributed by atoms with E-state index < -0.39 is 0 Å². The first-order valence-electron chi connectivity index (χ1n) is 9.54. The van der Waals surface area contributed by atoms with Crippen LogP contribution in [0.4, 0.5) is 5.13 Å².